The number of rotatable bonds is 11. The van der Waals surface area contributed by atoms with Crippen molar-refractivity contribution in [3.8, 4) is 6.07 Å². The summed E-state index contributed by atoms with van der Waals surface area (Å²) in [4.78, 5) is 0. The number of ether oxygens (including phenoxy) is 1. The van der Waals surface area contributed by atoms with Gasteiger partial charge >= 0.3 is 0 Å². The summed E-state index contributed by atoms with van der Waals surface area (Å²) < 4.78 is 5.56. The zero-order valence-electron chi connectivity index (χ0n) is 12.5. The summed E-state index contributed by atoms with van der Waals surface area (Å²) in [6.07, 6.45) is 12.8. The molecule has 0 aromatic rings. The molecule has 1 saturated heterocycles. The number of hydrogen-bond donors (Lipinski definition) is 1. The molecule has 0 spiro atoms. The molecule has 110 valence electrons. The molecule has 3 nitrogen and oxygen atoms in total. The van der Waals surface area contributed by atoms with Crippen LogP contribution in [0.3, 0.4) is 0 Å². The van der Waals surface area contributed by atoms with Crippen LogP contribution in [0.2, 0.25) is 0 Å². The highest BCUT2D eigenvalue weighted by molar-refractivity contribution is 4.90. The van der Waals surface area contributed by atoms with Gasteiger partial charge in [0.1, 0.15) is 0 Å². The van der Waals surface area contributed by atoms with Gasteiger partial charge in [-0.15, -0.1) is 0 Å². The summed E-state index contributed by atoms with van der Waals surface area (Å²) >= 11 is 0. The van der Waals surface area contributed by atoms with Crippen molar-refractivity contribution in [2.24, 2.45) is 0 Å². The fourth-order valence-electron chi connectivity index (χ4n) is 2.60. The minimum Gasteiger partial charge on any atom is -0.377 e. The minimum atomic E-state index is 0.0137. The van der Waals surface area contributed by atoms with Gasteiger partial charge < -0.3 is 4.74 Å². The molecule has 2 atom stereocenters. The maximum atomic E-state index is 9.12. The van der Waals surface area contributed by atoms with Gasteiger partial charge in [-0.25, -0.2) is 0 Å². The first-order chi connectivity index (χ1) is 9.36. The quantitative estimate of drug-likeness (QED) is 0.579. The molecule has 2 unspecified atom stereocenters. The zero-order valence-corrected chi connectivity index (χ0v) is 12.5. The van der Waals surface area contributed by atoms with Crippen LogP contribution in [0, 0.1) is 11.3 Å². The Morgan fingerprint density at radius 3 is 2.58 bits per heavy atom. The van der Waals surface area contributed by atoms with Gasteiger partial charge in [0, 0.05) is 13.2 Å². The molecule has 1 aliphatic rings. The van der Waals surface area contributed by atoms with E-state index in [9.17, 15) is 0 Å². The Labute approximate surface area is 118 Å². The lowest BCUT2D eigenvalue weighted by atomic mass is 10.1. The molecule has 0 amide bonds. The van der Waals surface area contributed by atoms with Crippen molar-refractivity contribution < 1.29 is 4.74 Å². The summed E-state index contributed by atoms with van der Waals surface area (Å²) in [5.74, 6) is 0. The second-order valence-electron chi connectivity index (χ2n) is 5.63. The summed E-state index contributed by atoms with van der Waals surface area (Å²) in [5, 5.41) is 12.5. The van der Waals surface area contributed by atoms with Gasteiger partial charge in [-0.3, -0.25) is 5.32 Å². The van der Waals surface area contributed by atoms with E-state index in [0.717, 1.165) is 26.0 Å². The fraction of sp³-hybridized carbons (Fsp3) is 0.938. The highest BCUT2D eigenvalue weighted by Crippen LogP contribution is 2.12. The van der Waals surface area contributed by atoms with Crippen molar-refractivity contribution in [1.82, 2.24) is 5.32 Å². The van der Waals surface area contributed by atoms with Gasteiger partial charge in [0.2, 0.25) is 0 Å². The molecule has 0 bridgehead atoms. The first kappa shape index (κ1) is 16.5. The molecule has 0 aromatic carbocycles. The number of nitrogens with zero attached hydrogens (tertiary/aromatic N) is 1. The van der Waals surface area contributed by atoms with Crippen molar-refractivity contribution in [2.75, 3.05) is 13.2 Å². The molecule has 1 rings (SSSR count). The smallest absolute Gasteiger partial charge is 0.0953 e. The lowest BCUT2D eigenvalue weighted by Crippen LogP contribution is -2.34. The van der Waals surface area contributed by atoms with Gasteiger partial charge in [0.25, 0.3) is 0 Å². The normalized spacial score (nSPS) is 20.3. The first-order valence-corrected chi connectivity index (χ1v) is 8.11. The van der Waals surface area contributed by atoms with Crippen LogP contribution in [0.15, 0.2) is 0 Å². The second kappa shape index (κ2) is 11.3. The lowest BCUT2D eigenvalue weighted by molar-refractivity contribution is 0.108. The third kappa shape index (κ3) is 8.23. The van der Waals surface area contributed by atoms with E-state index in [-0.39, 0.29) is 6.04 Å². The molecule has 1 fully saturated rings. The van der Waals surface area contributed by atoms with Gasteiger partial charge in [-0.2, -0.15) is 5.26 Å². The summed E-state index contributed by atoms with van der Waals surface area (Å²) in [7, 11) is 0. The summed E-state index contributed by atoms with van der Waals surface area (Å²) in [6, 6.07) is 2.38. The highest BCUT2D eigenvalue weighted by atomic mass is 16.5. The van der Waals surface area contributed by atoms with Crippen LogP contribution in [0.5, 0.6) is 0 Å². The Bertz CT molecular complexity index is 244. The number of hydrogen-bond acceptors (Lipinski definition) is 3. The number of nitriles is 1. The molecule has 0 aliphatic carbocycles. The van der Waals surface area contributed by atoms with E-state index in [2.05, 4.69) is 18.3 Å². The van der Waals surface area contributed by atoms with Crippen LogP contribution >= 0.6 is 0 Å². The largest absolute Gasteiger partial charge is 0.377 e. The molecular formula is C16H30N2O. The third-order valence-electron chi connectivity index (χ3n) is 3.87. The Morgan fingerprint density at radius 2 is 1.95 bits per heavy atom. The lowest BCUT2D eigenvalue weighted by Gasteiger charge is -2.14. The Kier molecular flexibility index (Phi) is 9.75. The SMILES string of the molecule is CCCCCCCCCC(C#N)NCC1CCCO1. The van der Waals surface area contributed by atoms with Crippen LogP contribution < -0.4 is 5.32 Å². The van der Waals surface area contributed by atoms with Crippen LogP contribution in [0.1, 0.15) is 71.1 Å². The van der Waals surface area contributed by atoms with E-state index in [0.29, 0.717) is 6.10 Å². The van der Waals surface area contributed by atoms with Gasteiger partial charge in [0.05, 0.1) is 18.2 Å². The Balaban J connectivity index is 1.94. The Hall–Kier alpha value is -0.590. The van der Waals surface area contributed by atoms with Crippen LogP contribution in [0.4, 0.5) is 0 Å². The van der Waals surface area contributed by atoms with E-state index in [1.54, 1.807) is 0 Å². The molecule has 19 heavy (non-hydrogen) atoms. The minimum absolute atomic E-state index is 0.0137. The van der Waals surface area contributed by atoms with Gasteiger partial charge in [0.15, 0.2) is 0 Å². The summed E-state index contributed by atoms with van der Waals surface area (Å²) in [6.45, 7) is 3.98. The first-order valence-electron chi connectivity index (χ1n) is 8.11. The standard InChI is InChI=1S/C16H30N2O/c1-2-3-4-5-6-7-8-10-15(13-17)18-14-16-11-9-12-19-16/h15-16,18H,2-12,14H2,1H3. The third-order valence-corrected chi connectivity index (χ3v) is 3.87. The molecular weight excluding hydrogens is 236 g/mol. The molecule has 1 heterocycles. The highest BCUT2D eigenvalue weighted by Gasteiger charge is 2.16. The van der Waals surface area contributed by atoms with E-state index in [4.69, 9.17) is 10.00 Å². The molecule has 0 saturated carbocycles. The molecule has 1 aliphatic heterocycles. The second-order valence-corrected chi connectivity index (χ2v) is 5.63. The van der Waals surface area contributed by atoms with Crippen molar-refractivity contribution in [2.45, 2.75) is 83.3 Å². The average molecular weight is 266 g/mol. The maximum Gasteiger partial charge on any atom is 0.0953 e. The van der Waals surface area contributed by atoms with E-state index >= 15 is 0 Å². The monoisotopic (exact) mass is 266 g/mol. The van der Waals surface area contributed by atoms with E-state index in [1.807, 2.05) is 0 Å². The zero-order chi connectivity index (χ0) is 13.8. The summed E-state index contributed by atoms with van der Waals surface area (Å²) in [5.41, 5.74) is 0. The fourth-order valence-corrected chi connectivity index (χ4v) is 2.60. The van der Waals surface area contributed by atoms with E-state index < -0.39 is 0 Å². The van der Waals surface area contributed by atoms with Crippen LogP contribution in [-0.4, -0.2) is 25.3 Å². The topological polar surface area (TPSA) is 45.0 Å². The predicted octanol–water partition coefficient (Wildman–Crippen LogP) is 3.79. The van der Waals surface area contributed by atoms with Crippen LogP contribution in [0.25, 0.3) is 0 Å². The number of unbranched alkanes of at least 4 members (excludes halogenated alkanes) is 6. The molecule has 0 aromatic heterocycles. The van der Waals surface area contributed by atoms with E-state index in [1.165, 1.54) is 51.4 Å². The Morgan fingerprint density at radius 1 is 1.21 bits per heavy atom. The van der Waals surface area contributed by atoms with Crippen molar-refractivity contribution in [3.05, 3.63) is 0 Å². The molecule has 0 radical (unpaired) electrons. The average Bonchev–Trinajstić information content (AvgIpc) is 2.94. The van der Waals surface area contributed by atoms with Crippen molar-refractivity contribution in [1.29, 1.82) is 5.26 Å². The van der Waals surface area contributed by atoms with Gasteiger partial charge in [-0.05, 0) is 19.3 Å². The molecule has 1 N–H and O–H groups in total. The van der Waals surface area contributed by atoms with Crippen LogP contribution in [-0.2, 0) is 4.74 Å². The maximum absolute atomic E-state index is 9.12. The molecule has 3 heteroatoms. The number of nitrogens with one attached hydrogen (secondary N) is 1. The predicted molar refractivity (Wildman–Crippen MR) is 79.0 cm³/mol. The van der Waals surface area contributed by atoms with Crippen molar-refractivity contribution >= 4 is 0 Å². The van der Waals surface area contributed by atoms with Crippen molar-refractivity contribution in [3.63, 3.8) is 0 Å². The van der Waals surface area contributed by atoms with Gasteiger partial charge in [-0.1, -0.05) is 51.9 Å².